The first-order chi connectivity index (χ1) is 9.94. The van der Waals surface area contributed by atoms with Gasteiger partial charge in [0.2, 0.25) is 10.0 Å². The van der Waals surface area contributed by atoms with Gasteiger partial charge in [0.1, 0.15) is 4.90 Å². The van der Waals surface area contributed by atoms with Crippen LogP contribution in [0.4, 0.5) is 0 Å². The molecule has 0 unspecified atom stereocenters. The van der Waals surface area contributed by atoms with Crippen LogP contribution in [0, 0.1) is 5.92 Å². The second-order valence-electron chi connectivity index (χ2n) is 4.96. The lowest BCUT2D eigenvalue weighted by atomic mass is 10.1. The predicted molar refractivity (Wildman–Crippen MR) is 86.5 cm³/mol. The molecule has 8 heteroatoms. The first-order valence-corrected chi connectivity index (χ1v) is 9.33. The highest BCUT2D eigenvalue weighted by molar-refractivity contribution is 9.10. The van der Waals surface area contributed by atoms with E-state index in [4.69, 9.17) is 16.3 Å². The zero-order valence-corrected chi connectivity index (χ0v) is 14.8. The monoisotopic (exact) mass is 396 g/mol. The normalized spacial score (nSPS) is 18.9. The summed E-state index contributed by atoms with van der Waals surface area (Å²) in [5.74, 6) is 0.787. The fourth-order valence-corrected chi connectivity index (χ4v) is 4.80. The summed E-state index contributed by atoms with van der Waals surface area (Å²) in [5, 5.41) is 3.60. The number of ether oxygens (including phenoxy) is 1. The third-order valence-corrected chi connectivity index (χ3v) is 5.75. The maximum atomic E-state index is 12.4. The Kier molecular flexibility index (Phi) is 5.90. The van der Waals surface area contributed by atoms with Crippen molar-refractivity contribution in [2.45, 2.75) is 17.7 Å². The Morgan fingerprint density at radius 3 is 2.90 bits per heavy atom. The lowest BCUT2D eigenvalue weighted by Crippen LogP contribution is -2.27. The number of nitrogens with one attached hydrogen (secondary N) is 2. The maximum Gasteiger partial charge on any atom is 0.244 e. The summed E-state index contributed by atoms with van der Waals surface area (Å²) in [7, 11) is -2.22. The summed E-state index contributed by atoms with van der Waals surface area (Å²) < 4.78 is 33.1. The van der Waals surface area contributed by atoms with Crippen molar-refractivity contribution < 1.29 is 13.2 Å². The van der Waals surface area contributed by atoms with Crippen LogP contribution in [-0.4, -0.2) is 35.2 Å². The van der Waals surface area contributed by atoms with E-state index in [1.165, 1.54) is 13.2 Å². The van der Waals surface area contributed by atoms with Crippen LogP contribution in [0.3, 0.4) is 0 Å². The van der Waals surface area contributed by atoms with E-state index < -0.39 is 10.0 Å². The van der Waals surface area contributed by atoms with E-state index in [0.29, 0.717) is 22.0 Å². The predicted octanol–water partition coefficient (Wildman–Crippen LogP) is 2.39. The number of sulfonamides is 1. The molecule has 0 aromatic heterocycles. The van der Waals surface area contributed by atoms with Crippen molar-refractivity contribution in [2.24, 2.45) is 5.92 Å². The molecule has 1 aliphatic rings. The van der Waals surface area contributed by atoms with Crippen LogP contribution in [0.25, 0.3) is 0 Å². The van der Waals surface area contributed by atoms with Gasteiger partial charge in [0.15, 0.2) is 5.75 Å². The maximum absolute atomic E-state index is 12.4. The molecular weight excluding hydrogens is 380 g/mol. The molecule has 0 saturated carbocycles. The van der Waals surface area contributed by atoms with Crippen molar-refractivity contribution in [3.63, 3.8) is 0 Å². The van der Waals surface area contributed by atoms with Crippen molar-refractivity contribution in [3.05, 3.63) is 21.6 Å². The van der Waals surface area contributed by atoms with Gasteiger partial charge in [0, 0.05) is 11.6 Å². The number of halogens is 2. The number of methoxy groups -OCH3 is 1. The quantitative estimate of drug-likeness (QED) is 0.773. The van der Waals surface area contributed by atoms with Gasteiger partial charge in [-0.2, -0.15) is 0 Å². The minimum Gasteiger partial charge on any atom is -0.494 e. The molecule has 0 bridgehead atoms. The van der Waals surface area contributed by atoms with Crippen LogP contribution in [0.15, 0.2) is 21.5 Å². The van der Waals surface area contributed by atoms with Crippen LogP contribution in [0.1, 0.15) is 12.8 Å². The van der Waals surface area contributed by atoms with Gasteiger partial charge in [-0.25, -0.2) is 13.1 Å². The Balaban J connectivity index is 2.11. The van der Waals surface area contributed by atoms with Gasteiger partial charge in [-0.1, -0.05) is 11.6 Å². The van der Waals surface area contributed by atoms with E-state index >= 15 is 0 Å². The highest BCUT2D eigenvalue weighted by atomic mass is 79.9. The van der Waals surface area contributed by atoms with Crippen molar-refractivity contribution in [2.75, 3.05) is 26.7 Å². The molecule has 1 aromatic carbocycles. The summed E-state index contributed by atoms with van der Waals surface area (Å²) in [6.45, 7) is 2.36. The Labute approximate surface area is 138 Å². The first kappa shape index (κ1) is 17.0. The number of rotatable bonds is 6. The molecule has 0 aliphatic carbocycles. The van der Waals surface area contributed by atoms with Gasteiger partial charge in [-0.15, -0.1) is 0 Å². The average molecular weight is 398 g/mol. The van der Waals surface area contributed by atoms with E-state index in [1.807, 2.05) is 0 Å². The zero-order chi connectivity index (χ0) is 15.5. The molecule has 1 heterocycles. The molecule has 2 rings (SSSR count). The van der Waals surface area contributed by atoms with Crippen molar-refractivity contribution >= 4 is 37.6 Å². The van der Waals surface area contributed by atoms with Gasteiger partial charge in [0.05, 0.1) is 11.6 Å². The largest absolute Gasteiger partial charge is 0.494 e. The summed E-state index contributed by atoms with van der Waals surface area (Å²) in [4.78, 5) is 0.0499. The second kappa shape index (κ2) is 7.28. The Morgan fingerprint density at radius 1 is 1.52 bits per heavy atom. The molecule has 21 heavy (non-hydrogen) atoms. The smallest absolute Gasteiger partial charge is 0.244 e. The van der Waals surface area contributed by atoms with Crippen molar-refractivity contribution in [1.82, 2.24) is 10.0 Å². The van der Waals surface area contributed by atoms with E-state index in [2.05, 4.69) is 26.0 Å². The summed E-state index contributed by atoms with van der Waals surface area (Å²) in [5.41, 5.74) is 0. The van der Waals surface area contributed by atoms with E-state index in [-0.39, 0.29) is 10.6 Å². The molecule has 0 spiro atoms. The minimum absolute atomic E-state index is 0.0499. The SMILES string of the molecule is COc1c(Br)cc(Cl)cc1S(=O)(=O)NCC[C@H]1CCNC1. The summed E-state index contributed by atoms with van der Waals surface area (Å²) in [6, 6.07) is 2.99. The molecule has 5 nitrogen and oxygen atoms in total. The minimum atomic E-state index is -3.65. The summed E-state index contributed by atoms with van der Waals surface area (Å²) in [6.07, 6.45) is 1.91. The van der Waals surface area contributed by atoms with Gasteiger partial charge in [0.25, 0.3) is 0 Å². The van der Waals surface area contributed by atoms with Gasteiger partial charge in [-0.05, 0) is 59.9 Å². The lowest BCUT2D eigenvalue weighted by molar-refractivity contribution is 0.399. The number of hydrogen-bond acceptors (Lipinski definition) is 4. The van der Waals surface area contributed by atoms with Crippen LogP contribution in [-0.2, 0) is 10.0 Å². The Morgan fingerprint density at radius 2 is 2.29 bits per heavy atom. The molecule has 1 atom stereocenters. The van der Waals surface area contributed by atoms with Gasteiger partial charge < -0.3 is 10.1 Å². The molecular formula is C13H18BrClN2O3S. The number of benzene rings is 1. The van der Waals surface area contributed by atoms with Gasteiger partial charge in [-0.3, -0.25) is 0 Å². The molecule has 0 radical (unpaired) electrons. The van der Waals surface area contributed by atoms with Crippen LogP contribution >= 0.6 is 27.5 Å². The lowest BCUT2D eigenvalue weighted by Gasteiger charge is -2.14. The fraction of sp³-hybridized carbons (Fsp3) is 0.538. The Hall–Kier alpha value is -0.340. The average Bonchev–Trinajstić information content (AvgIpc) is 2.91. The van der Waals surface area contributed by atoms with E-state index in [0.717, 1.165) is 25.9 Å². The zero-order valence-electron chi connectivity index (χ0n) is 11.7. The van der Waals surface area contributed by atoms with Crippen LogP contribution < -0.4 is 14.8 Å². The molecule has 1 aliphatic heterocycles. The molecule has 1 fully saturated rings. The molecule has 118 valence electrons. The molecule has 2 N–H and O–H groups in total. The second-order valence-corrected chi connectivity index (χ2v) is 7.99. The third kappa shape index (κ3) is 4.32. The highest BCUT2D eigenvalue weighted by Crippen LogP contribution is 2.35. The fourth-order valence-electron chi connectivity index (χ4n) is 2.37. The van der Waals surface area contributed by atoms with E-state index in [9.17, 15) is 8.42 Å². The topological polar surface area (TPSA) is 67.4 Å². The van der Waals surface area contributed by atoms with E-state index in [1.54, 1.807) is 6.07 Å². The molecule has 0 amide bonds. The van der Waals surface area contributed by atoms with Crippen LogP contribution in [0.2, 0.25) is 5.02 Å². The van der Waals surface area contributed by atoms with Gasteiger partial charge >= 0.3 is 0 Å². The van der Waals surface area contributed by atoms with Crippen molar-refractivity contribution in [3.8, 4) is 5.75 Å². The summed E-state index contributed by atoms with van der Waals surface area (Å²) >= 11 is 9.20. The van der Waals surface area contributed by atoms with Crippen molar-refractivity contribution in [1.29, 1.82) is 0 Å². The standard InChI is InChI=1S/C13H18BrClN2O3S/c1-20-13-11(14)6-10(15)7-12(13)21(18,19)17-5-3-9-2-4-16-8-9/h6-7,9,16-17H,2-5,8H2,1H3/t9-/m1/s1. The highest BCUT2D eigenvalue weighted by Gasteiger charge is 2.23. The molecule has 1 saturated heterocycles. The first-order valence-electron chi connectivity index (χ1n) is 6.67. The number of hydrogen-bond donors (Lipinski definition) is 2. The molecule has 1 aromatic rings. The Bertz CT molecular complexity index is 604. The third-order valence-electron chi connectivity index (χ3n) is 3.47. The van der Waals surface area contributed by atoms with Crippen LogP contribution in [0.5, 0.6) is 5.75 Å².